The number of halogens is 2. The van der Waals surface area contributed by atoms with Crippen LogP contribution < -0.4 is 5.32 Å². The summed E-state index contributed by atoms with van der Waals surface area (Å²) >= 11 is 3.11. The number of nitrogens with one attached hydrogen (secondary N) is 1. The average molecular weight is 353 g/mol. The second-order valence-electron chi connectivity index (χ2n) is 4.12. The van der Waals surface area contributed by atoms with Crippen LogP contribution in [-0.4, -0.2) is 22.0 Å². The Morgan fingerprint density at radius 3 is 2.76 bits per heavy atom. The third kappa shape index (κ3) is 3.63. The molecule has 2 rings (SSSR count). The van der Waals surface area contributed by atoms with Crippen LogP contribution in [0.15, 0.2) is 41.0 Å². The van der Waals surface area contributed by atoms with Crippen LogP contribution in [-0.2, 0) is 6.54 Å². The molecule has 0 radical (unpaired) electrons. The van der Waals surface area contributed by atoms with E-state index in [4.69, 9.17) is 5.11 Å². The van der Waals surface area contributed by atoms with E-state index in [1.807, 2.05) is 0 Å². The first-order chi connectivity index (χ1) is 9.99. The van der Waals surface area contributed by atoms with Crippen LogP contribution in [0.5, 0.6) is 0 Å². The van der Waals surface area contributed by atoms with Crippen molar-refractivity contribution in [2.75, 3.05) is 0 Å². The molecule has 0 aliphatic carbocycles. The number of hydrogen-bond acceptors (Lipinski definition) is 3. The van der Waals surface area contributed by atoms with E-state index < -0.39 is 17.7 Å². The van der Waals surface area contributed by atoms with Gasteiger partial charge in [0.2, 0.25) is 0 Å². The molecular weight excluding hydrogens is 343 g/mol. The van der Waals surface area contributed by atoms with Gasteiger partial charge in [0.1, 0.15) is 5.82 Å². The zero-order chi connectivity index (χ0) is 15.4. The fraction of sp³-hybridized carbons (Fsp3) is 0.0714. The Hall–Kier alpha value is -2.28. The number of nitrogens with zero attached hydrogens (tertiary/aromatic N) is 1. The second kappa shape index (κ2) is 6.45. The largest absolute Gasteiger partial charge is 0.478 e. The molecule has 0 unspecified atom stereocenters. The maximum atomic E-state index is 13.6. The molecule has 0 bridgehead atoms. The monoisotopic (exact) mass is 352 g/mol. The standard InChI is InChI=1S/C14H10BrFN2O3/c15-10-2-1-3-11(16)12(10)13(19)18-7-9-6-8(14(20)21)4-5-17-9/h1-6H,7H2,(H,18,19)(H,20,21). The summed E-state index contributed by atoms with van der Waals surface area (Å²) in [4.78, 5) is 26.7. The minimum Gasteiger partial charge on any atom is -0.478 e. The van der Waals surface area contributed by atoms with Crippen molar-refractivity contribution in [3.63, 3.8) is 0 Å². The molecule has 0 aliphatic rings. The lowest BCUT2D eigenvalue weighted by Gasteiger charge is -2.08. The van der Waals surface area contributed by atoms with E-state index in [0.717, 1.165) is 0 Å². The Kier molecular flexibility index (Phi) is 4.64. The summed E-state index contributed by atoms with van der Waals surface area (Å²) in [6.45, 7) is 0.000722. The second-order valence-corrected chi connectivity index (χ2v) is 4.97. The summed E-state index contributed by atoms with van der Waals surface area (Å²) in [6.07, 6.45) is 1.34. The highest BCUT2D eigenvalue weighted by Crippen LogP contribution is 2.19. The lowest BCUT2D eigenvalue weighted by atomic mass is 10.2. The molecule has 1 aromatic carbocycles. The van der Waals surface area contributed by atoms with Crippen LogP contribution >= 0.6 is 15.9 Å². The maximum absolute atomic E-state index is 13.6. The van der Waals surface area contributed by atoms with E-state index >= 15 is 0 Å². The highest BCUT2D eigenvalue weighted by atomic mass is 79.9. The van der Waals surface area contributed by atoms with Gasteiger partial charge in [-0.05, 0) is 40.2 Å². The van der Waals surface area contributed by atoms with Gasteiger partial charge < -0.3 is 10.4 Å². The molecular formula is C14H10BrFN2O3. The number of pyridine rings is 1. The van der Waals surface area contributed by atoms with Crippen LogP contribution in [0.3, 0.4) is 0 Å². The minimum atomic E-state index is -1.08. The van der Waals surface area contributed by atoms with Crippen LogP contribution in [0.25, 0.3) is 0 Å². The van der Waals surface area contributed by atoms with Gasteiger partial charge in [-0.1, -0.05) is 6.07 Å². The lowest BCUT2D eigenvalue weighted by Crippen LogP contribution is -2.25. The van der Waals surface area contributed by atoms with Crippen molar-refractivity contribution in [1.82, 2.24) is 10.3 Å². The number of carboxylic acids is 1. The lowest BCUT2D eigenvalue weighted by molar-refractivity contribution is 0.0696. The Bertz CT molecular complexity index is 686. The van der Waals surface area contributed by atoms with Gasteiger partial charge in [-0.3, -0.25) is 9.78 Å². The smallest absolute Gasteiger partial charge is 0.335 e. The van der Waals surface area contributed by atoms with Gasteiger partial charge in [0, 0.05) is 10.7 Å². The molecule has 0 fully saturated rings. The summed E-state index contributed by atoms with van der Waals surface area (Å²) in [5.41, 5.74) is 0.337. The third-order valence-corrected chi connectivity index (χ3v) is 3.34. The molecule has 7 heteroatoms. The first-order valence-corrected chi connectivity index (χ1v) is 6.69. The molecule has 5 nitrogen and oxygen atoms in total. The number of carbonyl (C=O) groups excluding carboxylic acids is 1. The Labute approximate surface area is 128 Å². The average Bonchev–Trinajstić information content (AvgIpc) is 2.45. The van der Waals surface area contributed by atoms with Crippen molar-refractivity contribution in [2.45, 2.75) is 6.54 Å². The summed E-state index contributed by atoms with van der Waals surface area (Å²) in [5, 5.41) is 11.4. The van der Waals surface area contributed by atoms with Gasteiger partial charge >= 0.3 is 5.97 Å². The maximum Gasteiger partial charge on any atom is 0.335 e. The van der Waals surface area contributed by atoms with E-state index in [-0.39, 0.29) is 17.7 Å². The number of hydrogen-bond donors (Lipinski definition) is 2. The molecule has 0 spiro atoms. The number of benzene rings is 1. The quantitative estimate of drug-likeness (QED) is 0.886. The molecule has 1 aromatic heterocycles. The van der Waals surface area contributed by atoms with Crippen molar-refractivity contribution in [1.29, 1.82) is 0 Å². The normalized spacial score (nSPS) is 10.2. The van der Waals surface area contributed by atoms with Crippen molar-refractivity contribution in [3.8, 4) is 0 Å². The Morgan fingerprint density at radius 1 is 1.33 bits per heavy atom. The molecule has 0 saturated heterocycles. The van der Waals surface area contributed by atoms with Crippen LogP contribution in [0.4, 0.5) is 4.39 Å². The Morgan fingerprint density at radius 2 is 2.10 bits per heavy atom. The van der Waals surface area contributed by atoms with Crippen LogP contribution in [0, 0.1) is 5.82 Å². The molecule has 1 amide bonds. The van der Waals surface area contributed by atoms with E-state index in [1.54, 1.807) is 6.07 Å². The fourth-order valence-electron chi connectivity index (χ4n) is 1.68. The van der Waals surface area contributed by atoms with Gasteiger partial charge in [0.25, 0.3) is 5.91 Å². The zero-order valence-electron chi connectivity index (χ0n) is 10.6. The number of rotatable bonds is 4. The number of carbonyl (C=O) groups is 2. The summed E-state index contributed by atoms with van der Waals surface area (Å²) < 4.78 is 14.0. The van der Waals surface area contributed by atoms with Crippen LogP contribution in [0.2, 0.25) is 0 Å². The first kappa shape index (κ1) is 15.1. The van der Waals surface area contributed by atoms with Gasteiger partial charge in [0.05, 0.1) is 23.4 Å². The third-order valence-electron chi connectivity index (χ3n) is 2.68. The molecule has 0 aliphatic heterocycles. The minimum absolute atomic E-state index is 0.000722. The summed E-state index contributed by atoms with van der Waals surface area (Å²) in [5.74, 6) is -2.33. The zero-order valence-corrected chi connectivity index (χ0v) is 12.2. The highest BCUT2D eigenvalue weighted by Gasteiger charge is 2.15. The van der Waals surface area contributed by atoms with Gasteiger partial charge in [0.15, 0.2) is 0 Å². The van der Waals surface area contributed by atoms with Gasteiger partial charge in [-0.25, -0.2) is 9.18 Å². The van der Waals surface area contributed by atoms with Crippen LogP contribution in [0.1, 0.15) is 26.4 Å². The van der Waals surface area contributed by atoms with Gasteiger partial charge in [-0.15, -0.1) is 0 Å². The molecule has 0 atom stereocenters. The summed E-state index contributed by atoms with van der Waals surface area (Å²) in [6, 6.07) is 6.92. The molecule has 0 saturated carbocycles. The number of carboxylic acid groups (broad SMARTS) is 1. The van der Waals surface area contributed by atoms with Crippen molar-refractivity contribution < 1.29 is 19.1 Å². The molecule has 2 N–H and O–H groups in total. The topological polar surface area (TPSA) is 79.3 Å². The fourth-order valence-corrected chi connectivity index (χ4v) is 2.20. The van der Waals surface area contributed by atoms with E-state index in [9.17, 15) is 14.0 Å². The van der Waals surface area contributed by atoms with Crippen molar-refractivity contribution in [2.24, 2.45) is 0 Å². The predicted molar refractivity (Wildman–Crippen MR) is 76.5 cm³/mol. The molecule has 2 aromatic rings. The van der Waals surface area contributed by atoms with Gasteiger partial charge in [-0.2, -0.15) is 0 Å². The number of aromatic nitrogens is 1. The molecule has 108 valence electrons. The van der Waals surface area contributed by atoms with Crippen molar-refractivity contribution >= 4 is 27.8 Å². The number of aromatic carboxylic acids is 1. The van der Waals surface area contributed by atoms with E-state index in [2.05, 4.69) is 26.2 Å². The van der Waals surface area contributed by atoms with Crippen molar-refractivity contribution in [3.05, 3.63) is 63.6 Å². The van der Waals surface area contributed by atoms with E-state index in [0.29, 0.717) is 10.2 Å². The molecule has 1 heterocycles. The first-order valence-electron chi connectivity index (χ1n) is 5.89. The van der Waals surface area contributed by atoms with E-state index in [1.165, 1.54) is 30.5 Å². The SMILES string of the molecule is O=C(O)c1ccnc(CNC(=O)c2c(F)cccc2Br)c1. The highest BCUT2D eigenvalue weighted by molar-refractivity contribution is 9.10. The number of amides is 1. The molecule has 21 heavy (non-hydrogen) atoms. The predicted octanol–water partition coefficient (Wildman–Crippen LogP) is 2.61. The Balaban J connectivity index is 2.11. The summed E-state index contributed by atoms with van der Waals surface area (Å²) in [7, 11) is 0.